The highest BCUT2D eigenvalue weighted by molar-refractivity contribution is 6.00. The first kappa shape index (κ1) is 36.1. The van der Waals surface area contributed by atoms with Crippen molar-refractivity contribution >= 4 is 57.5 Å². The molecule has 56 heavy (non-hydrogen) atoms. The first-order chi connectivity index (χ1) is 27.2. The van der Waals surface area contributed by atoms with E-state index < -0.39 is 0 Å². The van der Waals surface area contributed by atoms with Crippen LogP contribution in [0.2, 0.25) is 0 Å². The Labute approximate surface area is 327 Å². The molecule has 4 aliphatic rings. The number of anilines is 6. The summed E-state index contributed by atoms with van der Waals surface area (Å²) in [6.07, 6.45) is 7.16. The van der Waals surface area contributed by atoms with Gasteiger partial charge in [-0.2, -0.15) is 10.1 Å². The Morgan fingerprint density at radius 3 is 2.30 bits per heavy atom. The van der Waals surface area contributed by atoms with Gasteiger partial charge in [-0.05, 0) is 85.5 Å². The molecule has 3 N–H and O–H groups in total. The van der Waals surface area contributed by atoms with Crippen molar-refractivity contribution in [3.8, 4) is 0 Å². The number of hydrogen-bond acceptors (Lipinski definition) is 12. The van der Waals surface area contributed by atoms with E-state index in [1.54, 1.807) is 10.9 Å². The van der Waals surface area contributed by atoms with E-state index in [0.717, 1.165) is 98.3 Å². The first-order valence-electron chi connectivity index (χ1n) is 19.9. The number of amides is 2. The fourth-order valence-electron chi connectivity index (χ4n) is 8.86. The van der Waals surface area contributed by atoms with Crippen LogP contribution in [0.3, 0.4) is 0 Å². The Hall–Kier alpha value is -5.60. The molecule has 3 fully saturated rings. The summed E-state index contributed by atoms with van der Waals surface area (Å²) >= 11 is 0. The van der Waals surface area contributed by atoms with E-state index in [2.05, 4.69) is 102 Å². The summed E-state index contributed by atoms with van der Waals surface area (Å²) < 4.78 is 1.77. The number of fused-ring (bicyclic) bond motifs is 2. The van der Waals surface area contributed by atoms with Gasteiger partial charge in [0.2, 0.25) is 17.8 Å². The number of imide groups is 1. The van der Waals surface area contributed by atoms with Gasteiger partial charge in [0, 0.05) is 89.9 Å². The molecule has 2 aromatic carbocycles. The normalized spacial score (nSPS) is 19.7. The number of benzene rings is 2. The first-order valence-corrected chi connectivity index (χ1v) is 19.9. The van der Waals surface area contributed by atoms with Crippen molar-refractivity contribution in [2.75, 3.05) is 66.2 Å². The topological polar surface area (TPSA) is 140 Å². The van der Waals surface area contributed by atoms with Gasteiger partial charge in [-0.1, -0.05) is 24.3 Å². The molecule has 1 unspecified atom stereocenters. The largest absolute Gasteiger partial charge is 0.372 e. The molecule has 0 saturated carbocycles. The van der Waals surface area contributed by atoms with Gasteiger partial charge in [-0.15, -0.1) is 0 Å². The smallest absolute Gasteiger partial charge is 0.243 e. The summed E-state index contributed by atoms with van der Waals surface area (Å²) in [6.45, 7) is 13.1. The average Bonchev–Trinajstić information content (AvgIpc) is 3.77. The zero-order valence-corrected chi connectivity index (χ0v) is 32.5. The summed E-state index contributed by atoms with van der Waals surface area (Å²) in [5.41, 5.74) is 9.11. The minimum atomic E-state index is -0.218. The second kappa shape index (κ2) is 15.1. The number of hydrogen-bond donors (Lipinski definition) is 3. The maximum Gasteiger partial charge on any atom is 0.243 e. The van der Waals surface area contributed by atoms with Crippen LogP contribution in [-0.2, 0) is 29.7 Å². The molecule has 0 aliphatic carbocycles. The number of pyridine rings is 1. The summed E-state index contributed by atoms with van der Waals surface area (Å²) in [5.74, 6) is 2.30. The summed E-state index contributed by atoms with van der Waals surface area (Å²) in [7, 11) is 1.89. The van der Waals surface area contributed by atoms with Crippen molar-refractivity contribution in [2.45, 2.75) is 58.7 Å². The quantitative estimate of drug-likeness (QED) is 0.174. The van der Waals surface area contributed by atoms with Crippen molar-refractivity contribution < 1.29 is 9.59 Å². The highest BCUT2D eigenvalue weighted by atomic mass is 16.2. The van der Waals surface area contributed by atoms with Gasteiger partial charge in [-0.3, -0.25) is 24.7 Å². The number of nitrogens with zero attached hydrogens (tertiary/aromatic N) is 9. The number of para-hydroxylation sites is 1. The average molecular weight is 755 g/mol. The lowest BCUT2D eigenvalue weighted by molar-refractivity contribution is -0.137. The lowest BCUT2D eigenvalue weighted by Gasteiger charge is -2.40. The minimum Gasteiger partial charge on any atom is -0.372 e. The molecule has 0 spiro atoms. The summed E-state index contributed by atoms with van der Waals surface area (Å²) in [5, 5.41) is 14.8. The van der Waals surface area contributed by atoms with Crippen molar-refractivity contribution in [2.24, 2.45) is 13.0 Å². The van der Waals surface area contributed by atoms with Crippen LogP contribution in [0.5, 0.6) is 0 Å². The van der Waals surface area contributed by atoms with Gasteiger partial charge in [0.1, 0.15) is 5.82 Å². The monoisotopic (exact) mass is 754 g/mol. The maximum atomic E-state index is 12.5. The van der Waals surface area contributed by atoms with Crippen molar-refractivity contribution in [1.82, 2.24) is 39.8 Å². The molecule has 0 bridgehead atoms. The van der Waals surface area contributed by atoms with Crippen molar-refractivity contribution in [3.63, 3.8) is 0 Å². The number of aryl methyl sites for hydroxylation is 3. The standard InChI is InChI=1S/C42H50N12O2/c1-27-5-4-6-28(2)38(27)47-39-34-23-44-42(48-40(34)50(3)49-39)45-36-11-9-33(22-43-36)53-19-17-51(18-20-53)24-29-13-15-52(16-14-29)32-8-7-30-25-54(26-31(30)21-32)35-10-12-37(55)46-41(35)56/h4-9,11,21-23,29,35H,10,12-20,24-26H2,1-3H3,(H,47,49)(H,46,55,56)(H,43,44,45,48). The summed E-state index contributed by atoms with van der Waals surface area (Å²) in [6, 6.07) is 16.9. The van der Waals surface area contributed by atoms with Gasteiger partial charge in [0.25, 0.3) is 0 Å². The predicted molar refractivity (Wildman–Crippen MR) is 218 cm³/mol. The van der Waals surface area contributed by atoms with Crippen LogP contribution < -0.4 is 25.8 Å². The molecular weight excluding hydrogens is 705 g/mol. The van der Waals surface area contributed by atoms with Gasteiger partial charge >= 0.3 is 0 Å². The number of rotatable bonds is 9. The minimum absolute atomic E-state index is 0.152. The highest BCUT2D eigenvalue weighted by Crippen LogP contribution is 2.33. The molecule has 14 nitrogen and oxygen atoms in total. The molecule has 7 heterocycles. The molecule has 4 aliphatic heterocycles. The van der Waals surface area contributed by atoms with E-state index >= 15 is 0 Å². The third-order valence-electron chi connectivity index (χ3n) is 12.1. The molecule has 2 amide bonds. The number of nitrogens with one attached hydrogen (secondary N) is 3. The van der Waals surface area contributed by atoms with Crippen LogP contribution in [0.4, 0.5) is 34.6 Å². The molecular formula is C42H50N12O2. The highest BCUT2D eigenvalue weighted by Gasteiger charge is 2.35. The number of piperazine rings is 1. The van der Waals surface area contributed by atoms with Crippen LogP contribution in [0, 0.1) is 19.8 Å². The van der Waals surface area contributed by atoms with Crippen LogP contribution in [0.25, 0.3) is 11.0 Å². The number of piperidine rings is 2. The lowest BCUT2D eigenvalue weighted by Crippen LogP contribution is -2.50. The fourth-order valence-corrected chi connectivity index (χ4v) is 8.86. The molecule has 3 saturated heterocycles. The van der Waals surface area contributed by atoms with Crippen LogP contribution >= 0.6 is 0 Å². The van der Waals surface area contributed by atoms with Crippen LogP contribution in [0.1, 0.15) is 47.9 Å². The van der Waals surface area contributed by atoms with Gasteiger partial charge in [0.15, 0.2) is 11.5 Å². The third-order valence-corrected chi connectivity index (χ3v) is 12.1. The Morgan fingerprint density at radius 2 is 1.55 bits per heavy atom. The Bertz CT molecular complexity index is 2240. The van der Waals surface area contributed by atoms with Crippen LogP contribution in [-0.4, -0.2) is 98.2 Å². The fraction of sp³-hybridized carbons (Fsp3) is 0.429. The molecule has 5 aromatic rings. The van der Waals surface area contributed by atoms with E-state index in [0.29, 0.717) is 30.5 Å². The van der Waals surface area contributed by atoms with Gasteiger partial charge < -0.3 is 20.4 Å². The molecule has 3 aromatic heterocycles. The van der Waals surface area contributed by atoms with E-state index in [1.165, 1.54) is 29.7 Å². The Balaban J connectivity index is 0.734. The Kier molecular flexibility index (Phi) is 9.76. The maximum absolute atomic E-state index is 12.5. The molecule has 14 heteroatoms. The van der Waals surface area contributed by atoms with Gasteiger partial charge in [-0.25, -0.2) is 14.6 Å². The molecule has 1 atom stereocenters. The van der Waals surface area contributed by atoms with E-state index in [-0.39, 0.29) is 17.9 Å². The SMILES string of the molecule is Cc1cccc(C)c1Nc1nn(C)c2nc(Nc3ccc(N4CCN(CC5CCN(c6ccc7c(c6)CN(C6CCC(=O)NC6=O)C7)CC5)CC4)cn3)ncc12. The number of carbonyl (C=O) groups is 2. The molecule has 9 rings (SSSR count). The van der Waals surface area contributed by atoms with E-state index in [4.69, 9.17) is 9.97 Å². The second-order valence-corrected chi connectivity index (χ2v) is 15.9. The number of carbonyl (C=O) groups excluding carboxylic acids is 2. The lowest BCUT2D eigenvalue weighted by atomic mass is 9.95. The van der Waals surface area contributed by atoms with Gasteiger partial charge in [0.05, 0.1) is 23.3 Å². The van der Waals surface area contributed by atoms with Crippen molar-refractivity contribution in [1.29, 1.82) is 0 Å². The van der Waals surface area contributed by atoms with Crippen molar-refractivity contribution in [3.05, 3.63) is 83.2 Å². The van der Waals surface area contributed by atoms with Crippen LogP contribution in [0.15, 0.2) is 60.9 Å². The Morgan fingerprint density at radius 1 is 0.804 bits per heavy atom. The molecule has 290 valence electrons. The number of aromatic nitrogens is 5. The third kappa shape index (κ3) is 7.38. The second-order valence-electron chi connectivity index (χ2n) is 15.9. The zero-order valence-electron chi connectivity index (χ0n) is 32.5. The molecule has 0 radical (unpaired) electrons. The zero-order chi connectivity index (χ0) is 38.3. The van der Waals surface area contributed by atoms with E-state index in [9.17, 15) is 9.59 Å². The van der Waals surface area contributed by atoms with E-state index in [1.807, 2.05) is 19.3 Å². The summed E-state index contributed by atoms with van der Waals surface area (Å²) in [4.78, 5) is 47.9. The predicted octanol–water partition coefficient (Wildman–Crippen LogP) is 5.02.